The maximum absolute atomic E-state index is 9.29. The van der Waals surface area contributed by atoms with E-state index in [4.69, 9.17) is 10.5 Å². The van der Waals surface area contributed by atoms with E-state index in [1.807, 2.05) is 39.0 Å². The van der Waals surface area contributed by atoms with Crippen molar-refractivity contribution in [1.29, 1.82) is 0 Å². The number of rotatable bonds is 4. The van der Waals surface area contributed by atoms with Crippen molar-refractivity contribution >= 4 is 12.4 Å². The van der Waals surface area contributed by atoms with E-state index in [2.05, 4.69) is 0 Å². The molecule has 0 fully saturated rings. The highest BCUT2D eigenvalue weighted by atomic mass is 35.5. The van der Waals surface area contributed by atoms with E-state index in [1.165, 1.54) is 0 Å². The van der Waals surface area contributed by atoms with Gasteiger partial charge in [0.2, 0.25) is 0 Å². The molecule has 1 aromatic carbocycles. The Morgan fingerprint density at radius 2 is 2.00 bits per heavy atom. The third kappa shape index (κ3) is 3.60. The van der Waals surface area contributed by atoms with Crippen LogP contribution in [0.25, 0.3) is 0 Å². The van der Waals surface area contributed by atoms with Gasteiger partial charge in [0.05, 0.1) is 7.11 Å². The number of aliphatic hydroxyl groups excluding tert-OH is 1. The van der Waals surface area contributed by atoms with Gasteiger partial charge in [-0.25, -0.2) is 0 Å². The maximum Gasteiger partial charge on any atom is 0.121 e. The Morgan fingerprint density at radius 1 is 1.41 bits per heavy atom. The fourth-order valence-electron chi connectivity index (χ4n) is 1.64. The Morgan fingerprint density at radius 3 is 2.41 bits per heavy atom. The van der Waals surface area contributed by atoms with E-state index in [-0.39, 0.29) is 30.5 Å². The zero-order valence-corrected chi connectivity index (χ0v) is 11.7. The van der Waals surface area contributed by atoms with Crippen molar-refractivity contribution in [3.05, 3.63) is 29.3 Å². The summed E-state index contributed by atoms with van der Waals surface area (Å²) >= 11 is 0. The highest BCUT2D eigenvalue weighted by Crippen LogP contribution is 2.32. The van der Waals surface area contributed by atoms with Crippen LogP contribution in [0, 0.1) is 12.3 Å². The van der Waals surface area contributed by atoms with E-state index in [0.29, 0.717) is 0 Å². The van der Waals surface area contributed by atoms with Crippen molar-refractivity contribution < 1.29 is 9.84 Å². The van der Waals surface area contributed by atoms with Gasteiger partial charge in [-0.05, 0) is 24.1 Å². The number of aryl methyl sites for hydroxylation is 1. The Balaban J connectivity index is 0.00000256. The number of hydrogen-bond donors (Lipinski definition) is 2. The second-order valence-corrected chi connectivity index (χ2v) is 4.85. The van der Waals surface area contributed by atoms with Gasteiger partial charge in [-0.3, -0.25) is 0 Å². The zero-order chi connectivity index (χ0) is 12.3. The average molecular weight is 260 g/mol. The smallest absolute Gasteiger partial charge is 0.121 e. The summed E-state index contributed by atoms with van der Waals surface area (Å²) in [5, 5.41) is 9.29. The third-order valence-electron chi connectivity index (χ3n) is 3.03. The largest absolute Gasteiger partial charge is 0.496 e. The molecule has 4 heteroatoms. The molecule has 17 heavy (non-hydrogen) atoms. The van der Waals surface area contributed by atoms with Crippen LogP contribution in [0.15, 0.2) is 18.2 Å². The number of halogens is 1. The lowest BCUT2D eigenvalue weighted by Gasteiger charge is -2.30. The van der Waals surface area contributed by atoms with E-state index in [9.17, 15) is 5.11 Å². The van der Waals surface area contributed by atoms with Crippen LogP contribution < -0.4 is 10.5 Å². The van der Waals surface area contributed by atoms with Gasteiger partial charge in [0, 0.05) is 18.1 Å². The Bertz CT molecular complexity index is 366. The predicted molar refractivity (Wildman–Crippen MR) is 72.8 cm³/mol. The van der Waals surface area contributed by atoms with Crippen LogP contribution in [0.5, 0.6) is 5.75 Å². The van der Waals surface area contributed by atoms with Crippen LogP contribution in [-0.2, 0) is 0 Å². The van der Waals surface area contributed by atoms with Crippen LogP contribution in [0.1, 0.15) is 31.0 Å². The summed E-state index contributed by atoms with van der Waals surface area (Å²) in [6.07, 6.45) is 0. The second-order valence-electron chi connectivity index (χ2n) is 4.85. The molecule has 0 heterocycles. The number of hydrogen-bond acceptors (Lipinski definition) is 3. The normalized spacial score (nSPS) is 12.8. The monoisotopic (exact) mass is 259 g/mol. The topological polar surface area (TPSA) is 55.5 Å². The minimum Gasteiger partial charge on any atom is -0.496 e. The van der Waals surface area contributed by atoms with E-state index in [0.717, 1.165) is 16.9 Å². The van der Waals surface area contributed by atoms with Gasteiger partial charge in [0.15, 0.2) is 0 Å². The molecular weight excluding hydrogens is 238 g/mol. The van der Waals surface area contributed by atoms with Crippen molar-refractivity contribution in [3.63, 3.8) is 0 Å². The first-order chi connectivity index (χ1) is 7.42. The highest BCUT2D eigenvalue weighted by molar-refractivity contribution is 5.85. The molecule has 1 rings (SSSR count). The molecule has 0 aliphatic heterocycles. The van der Waals surface area contributed by atoms with Crippen LogP contribution in [0.3, 0.4) is 0 Å². The molecule has 3 N–H and O–H groups in total. The van der Waals surface area contributed by atoms with Crippen molar-refractivity contribution in [1.82, 2.24) is 0 Å². The van der Waals surface area contributed by atoms with Crippen molar-refractivity contribution in [2.75, 3.05) is 13.7 Å². The number of nitrogens with two attached hydrogens (primary N) is 1. The van der Waals surface area contributed by atoms with Gasteiger partial charge in [-0.1, -0.05) is 26.0 Å². The van der Waals surface area contributed by atoms with Gasteiger partial charge >= 0.3 is 0 Å². The second kappa shape index (κ2) is 6.24. The Kier molecular flexibility index (Phi) is 5.96. The first-order valence-electron chi connectivity index (χ1n) is 5.43. The minimum atomic E-state index is -0.318. The summed E-state index contributed by atoms with van der Waals surface area (Å²) in [5.74, 6) is 0.859. The Hall–Kier alpha value is -0.770. The standard InChI is InChI=1S/C13H21NO2.ClH/c1-9-7-10(5-6-11(9)16-4)12(14)13(2,3)8-15;/h5-7,12,15H,8,14H2,1-4H3;1H/t12-;/m0./s1. The molecule has 98 valence electrons. The van der Waals surface area contributed by atoms with Crippen molar-refractivity contribution in [2.45, 2.75) is 26.8 Å². The lowest BCUT2D eigenvalue weighted by Crippen LogP contribution is -2.32. The summed E-state index contributed by atoms with van der Waals surface area (Å²) < 4.78 is 5.20. The fraction of sp³-hybridized carbons (Fsp3) is 0.538. The lowest BCUT2D eigenvalue weighted by molar-refractivity contribution is 0.132. The third-order valence-corrected chi connectivity index (χ3v) is 3.03. The summed E-state index contributed by atoms with van der Waals surface area (Å²) in [4.78, 5) is 0. The van der Waals surface area contributed by atoms with E-state index in [1.54, 1.807) is 7.11 Å². The van der Waals surface area contributed by atoms with Gasteiger partial charge in [-0.15, -0.1) is 12.4 Å². The van der Waals surface area contributed by atoms with Gasteiger partial charge < -0.3 is 15.6 Å². The number of methoxy groups -OCH3 is 1. The summed E-state index contributed by atoms with van der Waals surface area (Å²) in [5.41, 5.74) is 7.91. The molecule has 0 aliphatic carbocycles. The molecule has 0 spiro atoms. The first-order valence-corrected chi connectivity index (χ1v) is 5.43. The predicted octanol–water partition coefficient (Wildman–Crippen LogP) is 2.44. The van der Waals surface area contributed by atoms with Crippen LogP contribution in [0.4, 0.5) is 0 Å². The number of aliphatic hydroxyl groups is 1. The molecule has 0 aromatic heterocycles. The molecule has 0 amide bonds. The minimum absolute atomic E-state index is 0. The summed E-state index contributed by atoms with van der Waals surface area (Å²) in [7, 11) is 1.65. The van der Waals surface area contributed by atoms with E-state index >= 15 is 0 Å². The summed E-state index contributed by atoms with van der Waals surface area (Å²) in [6, 6.07) is 5.70. The maximum atomic E-state index is 9.29. The molecule has 0 bridgehead atoms. The van der Waals surface area contributed by atoms with Crippen LogP contribution in [-0.4, -0.2) is 18.8 Å². The fourth-order valence-corrected chi connectivity index (χ4v) is 1.64. The van der Waals surface area contributed by atoms with Crippen LogP contribution >= 0.6 is 12.4 Å². The summed E-state index contributed by atoms with van der Waals surface area (Å²) in [6.45, 7) is 5.97. The quantitative estimate of drug-likeness (QED) is 0.873. The number of benzene rings is 1. The molecule has 0 aliphatic rings. The van der Waals surface area contributed by atoms with Crippen molar-refractivity contribution in [2.24, 2.45) is 11.1 Å². The van der Waals surface area contributed by atoms with E-state index < -0.39 is 0 Å². The van der Waals surface area contributed by atoms with Gasteiger partial charge in [-0.2, -0.15) is 0 Å². The van der Waals surface area contributed by atoms with Gasteiger partial charge in [0.25, 0.3) is 0 Å². The van der Waals surface area contributed by atoms with Crippen LogP contribution in [0.2, 0.25) is 0 Å². The Labute approximate surface area is 109 Å². The molecule has 0 saturated heterocycles. The average Bonchev–Trinajstić information content (AvgIpc) is 2.27. The molecule has 1 aromatic rings. The number of ether oxygens (including phenoxy) is 1. The molecule has 0 unspecified atom stereocenters. The molecule has 1 atom stereocenters. The van der Waals surface area contributed by atoms with Gasteiger partial charge in [0.1, 0.15) is 5.75 Å². The molecule has 0 radical (unpaired) electrons. The molecule has 0 saturated carbocycles. The SMILES string of the molecule is COc1ccc([C@H](N)C(C)(C)CO)cc1C.Cl. The zero-order valence-electron chi connectivity index (χ0n) is 10.9. The molecular formula is C13H22ClNO2. The van der Waals surface area contributed by atoms with Crippen molar-refractivity contribution in [3.8, 4) is 5.75 Å². The highest BCUT2D eigenvalue weighted by Gasteiger charge is 2.27. The lowest BCUT2D eigenvalue weighted by atomic mass is 9.81. The molecule has 3 nitrogen and oxygen atoms in total. The first kappa shape index (κ1) is 16.2.